The monoisotopic (exact) mass is 276 g/mol. The van der Waals surface area contributed by atoms with Crippen LogP contribution in [0.5, 0.6) is 0 Å². The molecular formula is C15H20N2OS. The Labute approximate surface area is 118 Å². The molecule has 0 spiro atoms. The van der Waals surface area contributed by atoms with Crippen LogP contribution in [0, 0.1) is 0 Å². The average Bonchev–Trinajstić information content (AvgIpc) is 2.89. The van der Waals surface area contributed by atoms with Crippen LogP contribution in [0.3, 0.4) is 0 Å². The van der Waals surface area contributed by atoms with Gasteiger partial charge in [0.1, 0.15) is 5.01 Å². The lowest BCUT2D eigenvalue weighted by molar-refractivity contribution is 0.185. The first-order valence-corrected chi connectivity index (χ1v) is 7.39. The van der Waals surface area contributed by atoms with Gasteiger partial charge in [0, 0.05) is 30.3 Å². The molecule has 0 unspecified atom stereocenters. The van der Waals surface area contributed by atoms with Crippen LogP contribution >= 0.6 is 11.3 Å². The summed E-state index contributed by atoms with van der Waals surface area (Å²) < 4.78 is 5.24. The van der Waals surface area contributed by atoms with E-state index in [1.54, 1.807) is 18.4 Å². The van der Waals surface area contributed by atoms with Gasteiger partial charge >= 0.3 is 0 Å². The quantitative estimate of drug-likeness (QED) is 0.786. The smallest absolute Gasteiger partial charge is 0.123 e. The molecule has 1 N–H and O–H groups in total. The Kier molecular flexibility index (Phi) is 5.51. The van der Waals surface area contributed by atoms with Crippen molar-refractivity contribution in [3.63, 3.8) is 0 Å². The number of hydrogen-bond acceptors (Lipinski definition) is 4. The highest BCUT2D eigenvalue weighted by Crippen LogP contribution is 2.28. The van der Waals surface area contributed by atoms with Gasteiger partial charge in [-0.3, -0.25) is 0 Å². The SMILES string of the molecule is CCCNCc1cnc(-c2ccccc2COC)s1. The fourth-order valence-electron chi connectivity index (χ4n) is 1.91. The summed E-state index contributed by atoms with van der Waals surface area (Å²) in [6.07, 6.45) is 3.12. The molecule has 4 heteroatoms. The Morgan fingerprint density at radius 3 is 2.95 bits per heavy atom. The minimum atomic E-state index is 0.624. The zero-order valence-electron chi connectivity index (χ0n) is 11.5. The molecular weight excluding hydrogens is 256 g/mol. The van der Waals surface area contributed by atoms with Crippen LogP contribution in [0.15, 0.2) is 30.5 Å². The standard InChI is InChI=1S/C15H20N2OS/c1-3-8-16-9-13-10-17-15(19-13)14-7-5-4-6-12(14)11-18-2/h4-7,10,16H,3,8-9,11H2,1-2H3. The molecule has 102 valence electrons. The molecule has 0 aliphatic rings. The molecule has 2 aromatic rings. The summed E-state index contributed by atoms with van der Waals surface area (Å²) in [5.41, 5.74) is 2.36. The normalized spacial score (nSPS) is 10.8. The van der Waals surface area contributed by atoms with E-state index in [1.807, 2.05) is 18.3 Å². The van der Waals surface area contributed by atoms with Crippen LogP contribution < -0.4 is 5.32 Å². The number of hydrogen-bond donors (Lipinski definition) is 1. The second-order valence-electron chi connectivity index (χ2n) is 4.40. The highest BCUT2D eigenvalue weighted by Gasteiger charge is 2.08. The van der Waals surface area contributed by atoms with Crippen molar-refractivity contribution < 1.29 is 4.74 Å². The highest BCUT2D eigenvalue weighted by atomic mass is 32.1. The first kappa shape index (κ1) is 14.2. The third kappa shape index (κ3) is 3.86. The summed E-state index contributed by atoms with van der Waals surface area (Å²) in [5.74, 6) is 0. The Morgan fingerprint density at radius 2 is 2.16 bits per heavy atom. The van der Waals surface area contributed by atoms with Crippen molar-refractivity contribution >= 4 is 11.3 Å². The minimum absolute atomic E-state index is 0.624. The van der Waals surface area contributed by atoms with Gasteiger partial charge in [0.05, 0.1) is 6.61 Å². The van der Waals surface area contributed by atoms with Crippen molar-refractivity contribution in [2.45, 2.75) is 26.5 Å². The highest BCUT2D eigenvalue weighted by molar-refractivity contribution is 7.15. The lowest BCUT2D eigenvalue weighted by Crippen LogP contribution is -2.12. The van der Waals surface area contributed by atoms with Gasteiger partial charge in [0.15, 0.2) is 0 Å². The summed E-state index contributed by atoms with van der Waals surface area (Å²) in [5, 5.41) is 4.47. The Balaban J connectivity index is 2.13. The Hall–Kier alpha value is -1.23. The summed E-state index contributed by atoms with van der Waals surface area (Å²) >= 11 is 1.75. The number of nitrogens with one attached hydrogen (secondary N) is 1. The molecule has 0 aliphatic heterocycles. The van der Waals surface area contributed by atoms with E-state index in [-0.39, 0.29) is 0 Å². The lowest BCUT2D eigenvalue weighted by Gasteiger charge is -2.05. The molecule has 1 aromatic heterocycles. The maximum absolute atomic E-state index is 5.24. The van der Waals surface area contributed by atoms with Gasteiger partial charge in [-0.2, -0.15) is 0 Å². The van der Waals surface area contributed by atoms with E-state index < -0.39 is 0 Å². The fourth-order valence-corrected chi connectivity index (χ4v) is 2.85. The van der Waals surface area contributed by atoms with Crippen molar-refractivity contribution in [1.29, 1.82) is 0 Å². The zero-order valence-corrected chi connectivity index (χ0v) is 12.3. The van der Waals surface area contributed by atoms with Gasteiger partial charge in [0.2, 0.25) is 0 Å². The van der Waals surface area contributed by atoms with Crippen LogP contribution in [0.4, 0.5) is 0 Å². The van der Waals surface area contributed by atoms with E-state index in [2.05, 4.69) is 29.4 Å². The second kappa shape index (κ2) is 7.38. The van der Waals surface area contributed by atoms with Gasteiger partial charge in [-0.25, -0.2) is 4.98 Å². The topological polar surface area (TPSA) is 34.2 Å². The number of rotatable bonds is 7. The van der Waals surface area contributed by atoms with Crippen LogP contribution in [0.25, 0.3) is 10.6 Å². The molecule has 0 saturated heterocycles. The Bertz CT molecular complexity index is 510. The molecule has 1 heterocycles. The number of ether oxygens (including phenoxy) is 1. The van der Waals surface area contributed by atoms with Crippen LogP contribution in [0.1, 0.15) is 23.8 Å². The van der Waals surface area contributed by atoms with Crippen molar-refractivity contribution in [1.82, 2.24) is 10.3 Å². The molecule has 1 aromatic carbocycles. The van der Waals surface area contributed by atoms with Crippen molar-refractivity contribution in [2.24, 2.45) is 0 Å². The third-order valence-corrected chi connectivity index (χ3v) is 3.86. The van der Waals surface area contributed by atoms with E-state index in [1.165, 1.54) is 16.0 Å². The molecule has 0 bridgehead atoms. The van der Waals surface area contributed by atoms with Crippen molar-refractivity contribution in [2.75, 3.05) is 13.7 Å². The summed E-state index contributed by atoms with van der Waals surface area (Å²) in [6, 6.07) is 8.28. The molecule has 3 nitrogen and oxygen atoms in total. The van der Waals surface area contributed by atoms with Crippen LogP contribution in [0.2, 0.25) is 0 Å². The number of thiazole rings is 1. The van der Waals surface area contributed by atoms with Gasteiger partial charge in [-0.1, -0.05) is 31.2 Å². The number of benzene rings is 1. The second-order valence-corrected chi connectivity index (χ2v) is 5.51. The van der Waals surface area contributed by atoms with E-state index >= 15 is 0 Å². The third-order valence-electron chi connectivity index (χ3n) is 2.83. The van der Waals surface area contributed by atoms with Crippen LogP contribution in [-0.4, -0.2) is 18.6 Å². The summed E-state index contributed by atoms with van der Waals surface area (Å²) in [6.45, 7) is 4.75. The number of aromatic nitrogens is 1. The largest absolute Gasteiger partial charge is 0.380 e. The molecule has 0 fully saturated rings. The van der Waals surface area contributed by atoms with Crippen molar-refractivity contribution in [3.05, 3.63) is 40.9 Å². The van der Waals surface area contributed by atoms with Gasteiger partial charge < -0.3 is 10.1 Å². The molecule has 0 saturated carbocycles. The summed E-state index contributed by atoms with van der Waals surface area (Å²) in [7, 11) is 1.72. The first-order valence-electron chi connectivity index (χ1n) is 6.57. The molecule has 19 heavy (non-hydrogen) atoms. The molecule has 2 rings (SSSR count). The number of nitrogens with zero attached hydrogens (tertiary/aromatic N) is 1. The molecule has 0 amide bonds. The van der Waals surface area contributed by atoms with Gasteiger partial charge in [-0.05, 0) is 18.5 Å². The van der Waals surface area contributed by atoms with E-state index in [9.17, 15) is 0 Å². The molecule has 0 aliphatic carbocycles. The average molecular weight is 276 g/mol. The molecule has 0 atom stereocenters. The Morgan fingerprint density at radius 1 is 1.32 bits per heavy atom. The van der Waals surface area contributed by atoms with Gasteiger partial charge in [0.25, 0.3) is 0 Å². The summed E-state index contributed by atoms with van der Waals surface area (Å²) in [4.78, 5) is 5.80. The predicted molar refractivity (Wildman–Crippen MR) is 80.3 cm³/mol. The fraction of sp³-hybridized carbons (Fsp3) is 0.400. The molecule has 0 radical (unpaired) electrons. The maximum Gasteiger partial charge on any atom is 0.123 e. The predicted octanol–water partition coefficient (Wildman–Crippen LogP) is 3.46. The van der Waals surface area contributed by atoms with E-state index in [0.29, 0.717) is 6.61 Å². The van der Waals surface area contributed by atoms with E-state index in [4.69, 9.17) is 4.74 Å². The van der Waals surface area contributed by atoms with Gasteiger partial charge in [-0.15, -0.1) is 11.3 Å². The van der Waals surface area contributed by atoms with Crippen molar-refractivity contribution in [3.8, 4) is 10.6 Å². The lowest BCUT2D eigenvalue weighted by atomic mass is 10.1. The first-order chi connectivity index (χ1) is 9.35. The zero-order chi connectivity index (χ0) is 13.5. The maximum atomic E-state index is 5.24. The van der Waals surface area contributed by atoms with Crippen LogP contribution in [-0.2, 0) is 17.9 Å². The minimum Gasteiger partial charge on any atom is -0.380 e. The van der Waals surface area contributed by atoms with E-state index in [0.717, 1.165) is 24.5 Å². The number of methoxy groups -OCH3 is 1.